The number of hydrogen-bond acceptors (Lipinski definition) is 4. The molecule has 0 aliphatic carbocycles. The van der Waals surface area contributed by atoms with Gasteiger partial charge in [-0.15, -0.1) is 0 Å². The van der Waals surface area contributed by atoms with Crippen molar-refractivity contribution in [2.24, 2.45) is 7.05 Å². The zero-order chi connectivity index (χ0) is 27.3. The molecule has 0 unspecified atom stereocenters. The van der Waals surface area contributed by atoms with Crippen molar-refractivity contribution in [3.63, 3.8) is 0 Å². The summed E-state index contributed by atoms with van der Waals surface area (Å²) in [5.41, 5.74) is 2.67. The molecule has 0 radical (unpaired) electrons. The van der Waals surface area contributed by atoms with Gasteiger partial charge in [-0.2, -0.15) is 5.10 Å². The second kappa shape index (κ2) is 11.8. The van der Waals surface area contributed by atoms with E-state index in [1.54, 1.807) is 7.05 Å². The molecule has 1 heterocycles. The average Bonchev–Trinajstić information content (AvgIpc) is 3.26. The van der Waals surface area contributed by atoms with Crippen LogP contribution in [0.2, 0.25) is 0 Å². The van der Waals surface area contributed by atoms with Gasteiger partial charge in [0.2, 0.25) is 5.91 Å². The lowest BCUT2D eigenvalue weighted by atomic mass is 9.92. The largest absolute Gasteiger partial charge is 0.481 e. The van der Waals surface area contributed by atoms with Gasteiger partial charge in [-0.3, -0.25) is 19.1 Å². The summed E-state index contributed by atoms with van der Waals surface area (Å²) in [4.78, 5) is 37.4. The van der Waals surface area contributed by atoms with Crippen molar-refractivity contribution in [1.29, 1.82) is 0 Å². The Morgan fingerprint density at radius 2 is 1.78 bits per heavy atom. The molecule has 0 spiro atoms. The van der Waals surface area contributed by atoms with E-state index in [4.69, 9.17) is 0 Å². The first-order valence-corrected chi connectivity index (χ1v) is 11.9. The minimum absolute atomic E-state index is 0.243. The van der Waals surface area contributed by atoms with Gasteiger partial charge in [0.25, 0.3) is 5.91 Å². The van der Waals surface area contributed by atoms with Crippen LogP contribution in [-0.4, -0.2) is 38.7 Å². The summed E-state index contributed by atoms with van der Waals surface area (Å²) in [6.45, 7) is 5.48. The predicted molar refractivity (Wildman–Crippen MR) is 134 cm³/mol. The number of carboxylic acid groups (broad SMARTS) is 1. The van der Waals surface area contributed by atoms with Crippen LogP contribution in [0.3, 0.4) is 0 Å². The van der Waals surface area contributed by atoms with E-state index in [-0.39, 0.29) is 17.5 Å². The molecule has 0 saturated heterocycles. The lowest BCUT2D eigenvalue weighted by Gasteiger charge is -2.24. The molecule has 196 valence electrons. The number of halogens is 2. The van der Waals surface area contributed by atoms with Crippen LogP contribution in [-0.2, 0) is 16.6 Å². The number of carbonyl (C=O) groups is 3. The van der Waals surface area contributed by atoms with Crippen molar-refractivity contribution in [2.45, 2.75) is 52.1 Å². The standard InChI is InChI=1S/C27H30F2N4O4/c1-5-7-21(31-26(36)18-13-30-33(4)14-18)27(37)32-22(12-23(34)35)19-10-17(11-20(28)25(19)29)24-15(2)8-6-9-16(24)3/h6,8-11,13-14,21-22H,5,7,12H2,1-4H3,(H,31,36)(H,32,37)(H,34,35)/t21-,22-/m0/s1. The first-order chi connectivity index (χ1) is 17.5. The highest BCUT2D eigenvalue weighted by atomic mass is 19.2. The minimum Gasteiger partial charge on any atom is -0.481 e. The number of nitrogens with zero attached hydrogens (tertiary/aromatic N) is 2. The fraction of sp³-hybridized carbons (Fsp3) is 0.333. The molecule has 0 fully saturated rings. The predicted octanol–water partition coefficient (Wildman–Crippen LogP) is 4.21. The van der Waals surface area contributed by atoms with Crippen molar-refractivity contribution in [1.82, 2.24) is 20.4 Å². The van der Waals surface area contributed by atoms with Gasteiger partial charge in [0.15, 0.2) is 11.6 Å². The zero-order valence-corrected chi connectivity index (χ0v) is 21.1. The minimum atomic E-state index is -1.38. The maximum Gasteiger partial charge on any atom is 0.305 e. The quantitative estimate of drug-likeness (QED) is 0.377. The highest BCUT2D eigenvalue weighted by Gasteiger charge is 2.28. The van der Waals surface area contributed by atoms with E-state index in [9.17, 15) is 23.9 Å². The van der Waals surface area contributed by atoms with Crippen LogP contribution in [0, 0.1) is 25.5 Å². The molecule has 8 nitrogen and oxygen atoms in total. The van der Waals surface area contributed by atoms with Crippen LogP contribution in [0.15, 0.2) is 42.7 Å². The molecule has 0 aliphatic rings. The second-order valence-corrected chi connectivity index (χ2v) is 9.00. The van der Waals surface area contributed by atoms with E-state index in [0.717, 1.165) is 17.2 Å². The van der Waals surface area contributed by atoms with Gasteiger partial charge in [-0.1, -0.05) is 31.5 Å². The van der Waals surface area contributed by atoms with Crippen molar-refractivity contribution in [3.05, 3.63) is 76.6 Å². The number of carboxylic acids is 1. The maximum atomic E-state index is 15.0. The van der Waals surface area contributed by atoms with Crippen LogP contribution >= 0.6 is 0 Å². The topological polar surface area (TPSA) is 113 Å². The van der Waals surface area contributed by atoms with E-state index in [0.29, 0.717) is 17.5 Å². The number of benzene rings is 2. The van der Waals surface area contributed by atoms with Crippen molar-refractivity contribution in [3.8, 4) is 11.1 Å². The van der Waals surface area contributed by atoms with E-state index >= 15 is 4.39 Å². The molecule has 1 aromatic heterocycles. The van der Waals surface area contributed by atoms with Gasteiger partial charge in [-0.05, 0) is 54.7 Å². The van der Waals surface area contributed by atoms with E-state index < -0.39 is 47.9 Å². The van der Waals surface area contributed by atoms with Crippen LogP contribution in [0.4, 0.5) is 8.78 Å². The van der Waals surface area contributed by atoms with Crippen LogP contribution in [0.5, 0.6) is 0 Å². The molecule has 2 aromatic carbocycles. The fourth-order valence-electron chi connectivity index (χ4n) is 4.30. The van der Waals surface area contributed by atoms with Crippen LogP contribution in [0.25, 0.3) is 11.1 Å². The molecule has 0 saturated carbocycles. The van der Waals surface area contributed by atoms with Crippen molar-refractivity contribution in [2.75, 3.05) is 0 Å². The Kier molecular flexibility index (Phi) is 8.75. The number of aliphatic carboxylic acids is 1. The molecule has 10 heteroatoms. The maximum absolute atomic E-state index is 15.0. The third kappa shape index (κ3) is 6.58. The number of rotatable bonds is 10. The fourth-order valence-corrected chi connectivity index (χ4v) is 4.30. The summed E-state index contributed by atoms with van der Waals surface area (Å²) >= 11 is 0. The summed E-state index contributed by atoms with van der Waals surface area (Å²) in [7, 11) is 1.64. The Morgan fingerprint density at radius 1 is 1.11 bits per heavy atom. The average molecular weight is 513 g/mol. The van der Waals surface area contributed by atoms with Gasteiger partial charge < -0.3 is 15.7 Å². The molecule has 3 N–H and O–H groups in total. The van der Waals surface area contributed by atoms with Gasteiger partial charge in [0, 0.05) is 18.8 Å². The highest BCUT2D eigenvalue weighted by Crippen LogP contribution is 2.33. The molecule has 3 aromatic rings. The number of nitrogens with one attached hydrogen (secondary N) is 2. The summed E-state index contributed by atoms with van der Waals surface area (Å²) in [6.07, 6.45) is 2.92. The Morgan fingerprint density at radius 3 is 2.35 bits per heavy atom. The lowest BCUT2D eigenvalue weighted by Crippen LogP contribution is -2.48. The summed E-state index contributed by atoms with van der Waals surface area (Å²) in [6, 6.07) is 5.53. The Balaban J connectivity index is 1.96. The number of aromatic nitrogens is 2. The van der Waals surface area contributed by atoms with Crippen molar-refractivity contribution < 1.29 is 28.3 Å². The molecule has 0 aliphatic heterocycles. The number of hydrogen-bond donors (Lipinski definition) is 3. The third-order valence-corrected chi connectivity index (χ3v) is 6.06. The lowest BCUT2D eigenvalue weighted by molar-refractivity contribution is -0.137. The Bertz CT molecular complexity index is 1300. The van der Waals surface area contributed by atoms with E-state index in [2.05, 4.69) is 15.7 Å². The highest BCUT2D eigenvalue weighted by molar-refractivity contribution is 5.97. The van der Waals surface area contributed by atoms with E-state index in [1.807, 2.05) is 39.0 Å². The first kappa shape index (κ1) is 27.5. The van der Waals surface area contributed by atoms with Crippen LogP contribution < -0.4 is 10.6 Å². The van der Waals surface area contributed by atoms with Crippen LogP contribution in [0.1, 0.15) is 59.3 Å². The van der Waals surface area contributed by atoms with Gasteiger partial charge >= 0.3 is 5.97 Å². The SMILES string of the molecule is CCC[C@H](NC(=O)c1cnn(C)c1)C(=O)N[C@@H](CC(=O)O)c1cc(-c2c(C)cccc2C)cc(F)c1F. The van der Waals surface area contributed by atoms with E-state index in [1.165, 1.54) is 23.1 Å². The zero-order valence-electron chi connectivity index (χ0n) is 21.1. The van der Waals surface area contributed by atoms with Gasteiger partial charge in [-0.25, -0.2) is 8.78 Å². The number of amides is 2. The van der Waals surface area contributed by atoms with Gasteiger partial charge in [0.1, 0.15) is 6.04 Å². The first-order valence-electron chi connectivity index (χ1n) is 11.9. The Hall–Kier alpha value is -4.08. The molecule has 0 bridgehead atoms. The molecule has 3 rings (SSSR count). The van der Waals surface area contributed by atoms with Gasteiger partial charge in [0.05, 0.1) is 24.2 Å². The molecule has 2 atom stereocenters. The third-order valence-electron chi connectivity index (χ3n) is 6.06. The molecular formula is C27H30F2N4O4. The summed E-state index contributed by atoms with van der Waals surface area (Å²) < 4.78 is 31.2. The molecular weight excluding hydrogens is 482 g/mol. The molecule has 2 amide bonds. The summed E-state index contributed by atoms with van der Waals surface area (Å²) in [5.74, 6) is -4.95. The normalized spacial score (nSPS) is 12.6. The van der Waals surface area contributed by atoms with Crippen molar-refractivity contribution >= 4 is 17.8 Å². The summed E-state index contributed by atoms with van der Waals surface area (Å²) in [5, 5.41) is 18.6. The second-order valence-electron chi connectivity index (χ2n) is 9.00. The Labute approximate surface area is 213 Å². The molecule has 37 heavy (non-hydrogen) atoms. The number of carbonyl (C=O) groups excluding carboxylic acids is 2. The monoisotopic (exact) mass is 512 g/mol. The number of aryl methyl sites for hydroxylation is 3. The smallest absolute Gasteiger partial charge is 0.305 e.